The number of Topliss-reactive ketones (excluding diaryl/α,β-unsaturated/α-hetero) is 2. The minimum Gasteiger partial charge on any atom is -0.493 e. The molecule has 1 fully saturated rings. The Balaban J connectivity index is 1.20. The molecule has 6 nitrogen and oxygen atoms in total. The first-order valence-corrected chi connectivity index (χ1v) is 14.2. The normalized spacial score (nSPS) is 15.9. The fraction of sp³-hybridized carbons (Fsp3) is 0.257. The lowest BCUT2D eigenvalue weighted by Gasteiger charge is -2.17. The lowest BCUT2D eigenvalue weighted by molar-refractivity contribution is 0.0912. The van der Waals surface area contributed by atoms with Crippen molar-refractivity contribution in [3.63, 3.8) is 0 Å². The minimum atomic E-state index is -1.10. The van der Waals surface area contributed by atoms with Gasteiger partial charge >= 0.3 is 0 Å². The van der Waals surface area contributed by atoms with Gasteiger partial charge in [0.15, 0.2) is 71.0 Å². The van der Waals surface area contributed by atoms with Crippen LogP contribution in [0.25, 0.3) is 0 Å². The monoisotopic (exact) mass is 622 g/mol. The van der Waals surface area contributed by atoms with E-state index in [2.05, 4.69) is 0 Å². The van der Waals surface area contributed by atoms with Gasteiger partial charge in [-0.15, -0.1) is 0 Å². The third-order valence-corrected chi connectivity index (χ3v) is 7.95. The maximum atomic E-state index is 13.5. The van der Waals surface area contributed by atoms with Gasteiger partial charge in [0, 0.05) is 11.1 Å². The molecule has 234 valence electrons. The standard InChI is InChI=1S/C35H30F4O6/c1-42-34-16-22(7-11-32(34)44-18-30(40)24-5-9-26(36)28(38)14-24)20-3-4-21(13-20)23-8-12-33(35(17-23)43-2)45-19-31(41)25-6-10-27(37)29(39)15-25/h5-12,14-17,20-21H,3-4,13,18-19H2,1-2H3/t20-,21+. The van der Waals surface area contributed by atoms with E-state index in [0.29, 0.717) is 23.0 Å². The van der Waals surface area contributed by atoms with Gasteiger partial charge in [-0.1, -0.05) is 12.1 Å². The average Bonchev–Trinajstić information content (AvgIpc) is 3.55. The van der Waals surface area contributed by atoms with Crippen molar-refractivity contribution >= 4 is 11.6 Å². The Morgan fingerprint density at radius 1 is 0.578 bits per heavy atom. The van der Waals surface area contributed by atoms with E-state index in [1.165, 1.54) is 26.4 Å². The summed E-state index contributed by atoms with van der Waals surface area (Å²) in [5, 5.41) is 0. The first kappa shape index (κ1) is 31.6. The van der Waals surface area contributed by atoms with Gasteiger partial charge in [0.2, 0.25) is 0 Å². The summed E-state index contributed by atoms with van der Waals surface area (Å²) < 4.78 is 75.8. The molecule has 2 atom stereocenters. The number of hydrogen-bond acceptors (Lipinski definition) is 6. The second-order valence-electron chi connectivity index (χ2n) is 10.7. The van der Waals surface area contributed by atoms with Gasteiger partial charge in [-0.2, -0.15) is 0 Å². The van der Waals surface area contributed by atoms with E-state index in [1.807, 2.05) is 24.3 Å². The molecule has 0 spiro atoms. The van der Waals surface area contributed by atoms with E-state index < -0.39 is 34.8 Å². The average molecular weight is 623 g/mol. The first-order chi connectivity index (χ1) is 21.7. The number of methoxy groups -OCH3 is 2. The molecule has 0 aromatic heterocycles. The molecule has 0 radical (unpaired) electrons. The van der Waals surface area contributed by atoms with Crippen LogP contribution in [-0.4, -0.2) is 39.0 Å². The number of carbonyl (C=O) groups excluding carboxylic acids is 2. The molecule has 0 N–H and O–H groups in total. The quantitative estimate of drug-likeness (QED) is 0.119. The second kappa shape index (κ2) is 13.8. The van der Waals surface area contributed by atoms with Gasteiger partial charge in [0.25, 0.3) is 0 Å². The van der Waals surface area contributed by atoms with E-state index in [-0.39, 0.29) is 36.2 Å². The van der Waals surface area contributed by atoms with Gasteiger partial charge in [-0.05, 0) is 103 Å². The molecule has 1 aliphatic carbocycles. The highest BCUT2D eigenvalue weighted by Gasteiger charge is 2.28. The smallest absolute Gasteiger partial charge is 0.200 e. The fourth-order valence-corrected chi connectivity index (χ4v) is 5.49. The van der Waals surface area contributed by atoms with Gasteiger partial charge in [-0.25, -0.2) is 17.6 Å². The molecule has 0 saturated heterocycles. The second-order valence-corrected chi connectivity index (χ2v) is 10.7. The molecule has 5 rings (SSSR count). The van der Waals surface area contributed by atoms with Crippen LogP contribution < -0.4 is 18.9 Å². The highest BCUT2D eigenvalue weighted by molar-refractivity contribution is 5.97. The predicted octanol–water partition coefficient (Wildman–Crippen LogP) is 7.83. The Kier molecular flexibility index (Phi) is 9.71. The van der Waals surface area contributed by atoms with E-state index in [4.69, 9.17) is 18.9 Å². The van der Waals surface area contributed by atoms with Crippen LogP contribution in [0.15, 0.2) is 72.8 Å². The number of rotatable bonds is 12. The molecule has 0 heterocycles. The Hall–Kier alpha value is -4.86. The van der Waals surface area contributed by atoms with Crippen molar-refractivity contribution in [1.29, 1.82) is 0 Å². The van der Waals surface area contributed by atoms with Crippen LogP contribution in [0.1, 0.15) is 62.9 Å². The van der Waals surface area contributed by atoms with E-state index >= 15 is 0 Å². The van der Waals surface area contributed by atoms with Gasteiger partial charge in [-0.3, -0.25) is 9.59 Å². The number of ether oxygens (including phenoxy) is 4. The molecule has 45 heavy (non-hydrogen) atoms. The first-order valence-electron chi connectivity index (χ1n) is 14.2. The van der Waals surface area contributed by atoms with Crippen molar-refractivity contribution in [2.75, 3.05) is 27.4 Å². The topological polar surface area (TPSA) is 71.1 Å². The third kappa shape index (κ3) is 7.28. The molecule has 0 bridgehead atoms. The number of carbonyl (C=O) groups is 2. The van der Waals surface area contributed by atoms with Crippen molar-refractivity contribution in [2.24, 2.45) is 0 Å². The minimum absolute atomic E-state index is 0.00730. The van der Waals surface area contributed by atoms with Gasteiger partial charge in [0.05, 0.1) is 14.2 Å². The van der Waals surface area contributed by atoms with Crippen LogP contribution in [-0.2, 0) is 0 Å². The molecule has 1 aliphatic rings. The van der Waals surface area contributed by atoms with Crippen molar-refractivity contribution < 1.29 is 46.1 Å². The van der Waals surface area contributed by atoms with Crippen LogP contribution in [0.3, 0.4) is 0 Å². The van der Waals surface area contributed by atoms with Gasteiger partial charge < -0.3 is 18.9 Å². The van der Waals surface area contributed by atoms with Crippen LogP contribution in [0.2, 0.25) is 0 Å². The number of ketones is 2. The number of halogens is 4. The summed E-state index contributed by atoms with van der Waals surface area (Å²) in [6, 6.07) is 17.0. The number of benzene rings is 4. The maximum absolute atomic E-state index is 13.5. The van der Waals surface area contributed by atoms with Crippen molar-refractivity contribution in [3.8, 4) is 23.0 Å². The number of hydrogen-bond donors (Lipinski definition) is 0. The lowest BCUT2D eigenvalue weighted by atomic mass is 9.92. The molecule has 10 heteroatoms. The Morgan fingerprint density at radius 2 is 1.00 bits per heavy atom. The molecule has 0 aliphatic heterocycles. The van der Waals surface area contributed by atoms with Crippen molar-refractivity contribution in [2.45, 2.75) is 31.1 Å². The summed E-state index contributed by atoms with van der Waals surface area (Å²) in [4.78, 5) is 24.9. The Bertz CT molecular complexity index is 1600. The Labute approximate surface area is 257 Å². The fourth-order valence-electron chi connectivity index (χ4n) is 5.49. The SMILES string of the molecule is COc1cc([C@@H]2CC[C@H](c3ccc(OCC(=O)c4ccc(F)c(F)c4)c(OC)c3)C2)ccc1OCC(=O)c1ccc(F)c(F)c1. The molecule has 4 aromatic rings. The molecular weight excluding hydrogens is 592 g/mol. The largest absolute Gasteiger partial charge is 0.493 e. The molecule has 4 aromatic carbocycles. The highest BCUT2D eigenvalue weighted by atomic mass is 19.2. The van der Waals surface area contributed by atoms with Crippen LogP contribution in [0.5, 0.6) is 23.0 Å². The van der Waals surface area contributed by atoms with E-state index in [1.54, 1.807) is 12.1 Å². The van der Waals surface area contributed by atoms with Crippen LogP contribution in [0.4, 0.5) is 17.6 Å². The van der Waals surface area contributed by atoms with Gasteiger partial charge in [0.1, 0.15) is 0 Å². The molecule has 0 amide bonds. The lowest BCUT2D eigenvalue weighted by Crippen LogP contribution is -2.12. The molecule has 0 unspecified atom stereocenters. The van der Waals surface area contributed by atoms with E-state index in [9.17, 15) is 27.2 Å². The summed E-state index contributed by atoms with van der Waals surface area (Å²) in [5.74, 6) is -3.18. The summed E-state index contributed by atoms with van der Waals surface area (Å²) in [6.07, 6.45) is 2.70. The predicted molar refractivity (Wildman–Crippen MR) is 158 cm³/mol. The summed E-state index contributed by atoms with van der Waals surface area (Å²) >= 11 is 0. The summed E-state index contributed by atoms with van der Waals surface area (Å²) in [6.45, 7) is -0.737. The van der Waals surface area contributed by atoms with E-state index in [0.717, 1.165) is 54.7 Å². The third-order valence-electron chi connectivity index (χ3n) is 7.95. The summed E-state index contributed by atoms with van der Waals surface area (Å²) in [7, 11) is 3.00. The molecular formula is C35H30F4O6. The Morgan fingerprint density at radius 3 is 1.38 bits per heavy atom. The zero-order valence-electron chi connectivity index (χ0n) is 24.6. The highest BCUT2D eigenvalue weighted by Crippen LogP contribution is 2.46. The van der Waals surface area contributed by atoms with Crippen molar-refractivity contribution in [3.05, 3.63) is 118 Å². The zero-order valence-corrected chi connectivity index (χ0v) is 24.6. The van der Waals surface area contributed by atoms with Crippen LogP contribution in [0, 0.1) is 23.3 Å². The maximum Gasteiger partial charge on any atom is 0.200 e. The van der Waals surface area contributed by atoms with Crippen molar-refractivity contribution in [1.82, 2.24) is 0 Å². The molecule has 1 saturated carbocycles. The zero-order chi connectivity index (χ0) is 32.1. The van der Waals surface area contributed by atoms with Crippen LogP contribution >= 0.6 is 0 Å². The summed E-state index contributed by atoms with van der Waals surface area (Å²) in [5.41, 5.74) is 2.12.